The summed E-state index contributed by atoms with van der Waals surface area (Å²) in [5.74, 6) is -0.836. The largest absolute Gasteiger partial charge is 0.454 e. The number of Topliss-reactive ketones (excluding diaryl/α,β-unsaturated/α-hetero) is 1. The van der Waals surface area contributed by atoms with Gasteiger partial charge in [-0.25, -0.2) is 4.79 Å². The van der Waals surface area contributed by atoms with Crippen LogP contribution >= 0.6 is 0 Å². The molecular weight excluding hydrogens is 266 g/mol. The number of aryl methyl sites for hydroxylation is 1. The molecule has 4 heteroatoms. The lowest BCUT2D eigenvalue weighted by atomic mass is 10.1. The zero-order valence-corrected chi connectivity index (χ0v) is 11.5. The highest BCUT2D eigenvalue weighted by Crippen LogP contribution is 2.07. The van der Waals surface area contributed by atoms with Crippen LogP contribution in [-0.4, -0.2) is 18.4 Å². The third-order valence-corrected chi connectivity index (χ3v) is 2.96. The van der Waals surface area contributed by atoms with E-state index in [0.29, 0.717) is 16.7 Å². The number of nitrogens with zero attached hydrogens (tertiary/aromatic N) is 1. The van der Waals surface area contributed by atoms with Crippen molar-refractivity contribution in [1.82, 2.24) is 0 Å². The molecule has 104 valence electrons. The van der Waals surface area contributed by atoms with E-state index >= 15 is 0 Å². The van der Waals surface area contributed by atoms with Crippen LogP contribution < -0.4 is 0 Å². The van der Waals surface area contributed by atoms with E-state index in [2.05, 4.69) is 0 Å². The second-order valence-electron chi connectivity index (χ2n) is 4.55. The summed E-state index contributed by atoms with van der Waals surface area (Å²) in [4.78, 5) is 23.6. The number of esters is 1. The van der Waals surface area contributed by atoms with Crippen LogP contribution in [-0.2, 0) is 4.74 Å². The number of hydrogen-bond acceptors (Lipinski definition) is 4. The summed E-state index contributed by atoms with van der Waals surface area (Å²) < 4.78 is 4.98. The van der Waals surface area contributed by atoms with Crippen LogP contribution in [0, 0.1) is 18.3 Å². The standard InChI is InChI=1S/C17H13NO3/c1-12-2-6-14(7-3-12)16(19)11-21-17(20)15-8-4-13(10-18)5-9-15/h2-9H,11H2,1H3. The van der Waals surface area contributed by atoms with Crippen LogP contribution in [0.5, 0.6) is 0 Å². The van der Waals surface area contributed by atoms with Gasteiger partial charge in [-0.3, -0.25) is 4.79 Å². The zero-order valence-electron chi connectivity index (χ0n) is 11.5. The van der Waals surface area contributed by atoms with E-state index in [1.807, 2.05) is 25.1 Å². The monoisotopic (exact) mass is 279 g/mol. The van der Waals surface area contributed by atoms with Crippen LogP contribution in [0.2, 0.25) is 0 Å². The first-order valence-corrected chi connectivity index (χ1v) is 6.37. The summed E-state index contributed by atoms with van der Waals surface area (Å²) in [5.41, 5.74) is 2.34. The molecule has 0 fully saturated rings. The Bertz CT molecular complexity index is 694. The number of carbonyl (C=O) groups excluding carboxylic acids is 2. The Morgan fingerprint density at radius 1 is 1.00 bits per heavy atom. The van der Waals surface area contributed by atoms with Gasteiger partial charge < -0.3 is 4.74 Å². The number of ether oxygens (including phenoxy) is 1. The van der Waals surface area contributed by atoms with Crippen molar-refractivity contribution >= 4 is 11.8 Å². The Morgan fingerprint density at radius 2 is 1.57 bits per heavy atom. The molecule has 2 aromatic rings. The molecule has 0 radical (unpaired) electrons. The van der Waals surface area contributed by atoms with E-state index in [-0.39, 0.29) is 12.4 Å². The highest BCUT2D eigenvalue weighted by molar-refractivity contribution is 5.99. The lowest BCUT2D eigenvalue weighted by Crippen LogP contribution is -2.14. The van der Waals surface area contributed by atoms with Crippen molar-refractivity contribution in [1.29, 1.82) is 5.26 Å². The van der Waals surface area contributed by atoms with Gasteiger partial charge in [-0.2, -0.15) is 5.26 Å². The van der Waals surface area contributed by atoms with E-state index in [1.165, 1.54) is 24.3 Å². The van der Waals surface area contributed by atoms with Crippen molar-refractivity contribution in [3.63, 3.8) is 0 Å². The van der Waals surface area contributed by atoms with Crippen LogP contribution in [0.1, 0.15) is 31.8 Å². The van der Waals surface area contributed by atoms with Crippen molar-refractivity contribution in [3.8, 4) is 6.07 Å². The van der Waals surface area contributed by atoms with Gasteiger partial charge in [-0.05, 0) is 31.2 Å². The summed E-state index contributed by atoms with van der Waals surface area (Å²) in [6.45, 7) is 1.63. The number of ketones is 1. The first kappa shape index (κ1) is 14.5. The summed E-state index contributed by atoms with van der Waals surface area (Å²) in [6, 6.07) is 15.1. The summed E-state index contributed by atoms with van der Waals surface area (Å²) in [6.07, 6.45) is 0. The number of nitriles is 1. The van der Waals surface area contributed by atoms with Gasteiger partial charge in [0.05, 0.1) is 17.2 Å². The van der Waals surface area contributed by atoms with Gasteiger partial charge in [0.25, 0.3) is 0 Å². The minimum atomic E-state index is -0.583. The fourth-order valence-electron chi connectivity index (χ4n) is 1.72. The van der Waals surface area contributed by atoms with Gasteiger partial charge in [0.2, 0.25) is 0 Å². The molecule has 0 atom stereocenters. The molecule has 0 N–H and O–H groups in total. The number of carbonyl (C=O) groups is 2. The van der Waals surface area contributed by atoms with Gasteiger partial charge in [0, 0.05) is 5.56 Å². The fraction of sp³-hybridized carbons (Fsp3) is 0.118. The Kier molecular flexibility index (Phi) is 4.47. The van der Waals surface area contributed by atoms with Crippen molar-refractivity contribution in [2.24, 2.45) is 0 Å². The molecule has 0 spiro atoms. The molecule has 0 unspecified atom stereocenters. The maximum absolute atomic E-state index is 11.9. The molecule has 0 aliphatic rings. The summed E-state index contributed by atoms with van der Waals surface area (Å²) >= 11 is 0. The van der Waals surface area contributed by atoms with E-state index in [1.54, 1.807) is 12.1 Å². The minimum absolute atomic E-state index is 0.253. The van der Waals surface area contributed by atoms with Crippen LogP contribution in [0.3, 0.4) is 0 Å². The molecule has 0 aliphatic heterocycles. The zero-order chi connectivity index (χ0) is 15.2. The Labute approximate surface area is 122 Å². The SMILES string of the molecule is Cc1ccc(C(=O)COC(=O)c2ccc(C#N)cc2)cc1. The van der Waals surface area contributed by atoms with Crippen molar-refractivity contribution in [2.75, 3.05) is 6.61 Å². The third kappa shape index (κ3) is 3.77. The molecule has 0 bridgehead atoms. The summed E-state index contributed by atoms with van der Waals surface area (Å²) in [5, 5.41) is 8.68. The lowest BCUT2D eigenvalue weighted by molar-refractivity contribution is 0.0475. The van der Waals surface area contributed by atoms with E-state index in [4.69, 9.17) is 10.00 Å². The molecule has 0 saturated heterocycles. The molecule has 0 aromatic heterocycles. The number of rotatable bonds is 4. The summed E-state index contributed by atoms with van der Waals surface area (Å²) in [7, 11) is 0. The number of benzene rings is 2. The molecule has 0 aliphatic carbocycles. The third-order valence-electron chi connectivity index (χ3n) is 2.96. The second-order valence-corrected chi connectivity index (χ2v) is 4.55. The molecule has 4 nitrogen and oxygen atoms in total. The fourth-order valence-corrected chi connectivity index (χ4v) is 1.72. The molecule has 0 heterocycles. The van der Waals surface area contributed by atoms with Crippen molar-refractivity contribution in [2.45, 2.75) is 6.92 Å². The van der Waals surface area contributed by atoms with Gasteiger partial charge in [-0.15, -0.1) is 0 Å². The first-order valence-electron chi connectivity index (χ1n) is 6.37. The average Bonchev–Trinajstić information content (AvgIpc) is 2.53. The lowest BCUT2D eigenvalue weighted by Gasteiger charge is -2.05. The average molecular weight is 279 g/mol. The first-order chi connectivity index (χ1) is 10.1. The molecule has 2 rings (SSSR count). The highest BCUT2D eigenvalue weighted by Gasteiger charge is 2.11. The smallest absolute Gasteiger partial charge is 0.338 e. The van der Waals surface area contributed by atoms with Crippen molar-refractivity contribution in [3.05, 3.63) is 70.8 Å². The van der Waals surface area contributed by atoms with Gasteiger partial charge >= 0.3 is 5.97 Å². The van der Waals surface area contributed by atoms with E-state index < -0.39 is 5.97 Å². The molecule has 0 amide bonds. The Morgan fingerprint density at radius 3 is 2.14 bits per heavy atom. The predicted molar refractivity (Wildman–Crippen MR) is 76.9 cm³/mol. The van der Waals surface area contributed by atoms with Gasteiger partial charge in [-0.1, -0.05) is 29.8 Å². The van der Waals surface area contributed by atoms with Gasteiger partial charge in [0.15, 0.2) is 12.4 Å². The topological polar surface area (TPSA) is 67.2 Å². The maximum atomic E-state index is 11.9. The van der Waals surface area contributed by atoms with Crippen LogP contribution in [0.4, 0.5) is 0 Å². The maximum Gasteiger partial charge on any atom is 0.338 e. The number of hydrogen-bond donors (Lipinski definition) is 0. The van der Waals surface area contributed by atoms with Crippen LogP contribution in [0.25, 0.3) is 0 Å². The Hall–Kier alpha value is -2.93. The quantitative estimate of drug-likeness (QED) is 0.637. The van der Waals surface area contributed by atoms with Gasteiger partial charge in [0.1, 0.15) is 0 Å². The minimum Gasteiger partial charge on any atom is -0.454 e. The molecular formula is C17H13NO3. The molecule has 21 heavy (non-hydrogen) atoms. The van der Waals surface area contributed by atoms with Crippen LogP contribution in [0.15, 0.2) is 48.5 Å². The Balaban J connectivity index is 1.95. The predicted octanol–water partition coefficient (Wildman–Crippen LogP) is 2.91. The van der Waals surface area contributed by atoms with E-state index in [9.17, 15) is 9.59 Å². The highest BCUT2D eigenvalue weighted by atomic mass is 16.5. The van der Waals surface area contributed by atoms with E-state index in [0.717, 1.165) is 5.56 Å². The second kappa shape index (κ2) is 6.49. The normalized spacial score (nSPS) is 9.71. The van der Waals surface area contributed by atoms with Crippen molar-refractivity contribution < 1.29 is 14.3 Å². The molecule has 2 aromatic carbocycles. The molecule has 0 saturated carbocycles.